The normalized spacial score (nSPS) is 15.8. The van der Waals surface area contributed by atoms with Gasteiger partial charge in [-0.1, -0.05) is 204 Å². The third-order valence-corrected chi connectivity index (χ3v) is 21.0. The minimum atomic E-state index is -1.87. The quantitative estimate of drug-likeness (QED) is 0.169. The predicted octanol–water partition coefficient (Wildman–Crippen LogP) is 16.5. The zero-order valence-electron chi connectivity index (χ0n) is 42.3. The lowest BCUT2D eigenvalue weighted by atomic mass is 9.79. The Balaban J connectivity index is 1.32. The molecule has 1 saturated heterocycles. The summed E-state index contributed by atoms with van der Waals surface area (Å²) in [6.45, 7) is 25.2. The van der Waals surface area contributed by atoms with Gasteiger partial charge in [-0.05, 0) is 109 Å². The molecule has 0 atom stereocenters. The summed E-state index contributed by atoms with van der Waals surface area (Å²) < 4.78 is 2.36. The van der Waals surface area contributed by atoms with Crippen LogP contribution in [0.25, 0.3) is 72.7 Å². The molecular weight excluding hydrogens is 843 g/mol. The molecular formula is C63H69N3OSi. The van der Waals surface area contributed by atoms with Crippen LogP contribution in [0.1, 0.15) is 118 Å². The Kier molecular flexibility index (Phi) is 11.1. The van der Waals surface area contributed by atoms with Crippen molar-refractivity contribution < 1.29 is 5.11 Å². The Bertz CT molecular complexity index is 3210. The molecule has 346 valence electrons. The first-order valence-corrected chi connectivity index (χ1v) is 27.7. The highest BCUT2D eigenvalue weighted by Crippen LogP contribution is 2.52. The molecule has 2 aliphatic heterocycles. The summed E-state index contributed by atoms with van der Waals surface area (Å²) in [5.74, 6) is 1.03. The van der Waals surface area contributed by atoms with Crippen LogP contribution < -0.4 is 5.19 Å². The molecule has 4 heterocycles. The maximum Gasteiger partial charge on any atom is 0.149 e. The van der Waals surface area contributed by atoms with E-state index in [1.807, 2.05) is 6.20 Å². The Labute approximate surface area is 406 Å². The maximum atomic E-state index is 12.7. The van der Waals surface area contributed by atoms with Gasteiger partial charge in [0.05, 0.1) is 36.1 Å². The lowest BCUT2D eigenvalue weighted by molar-refractivity contribution is 0.446. The van der Waals surface area contributed by atoms with E-state index in [4.69, 9.17) is 9.97 Å². The van der Waals surface area contributed by atoms with Gasteiger partial charge in [0.15, 0.2) is 0 Å². The topological polar surface area (TPSA) is 50.9 Å². The lowest BCUT2D eigenvalue weighted by Gasteiger charge is -2.33. The lowest BCUT2D eigenvalue weighted by Crippen LogP contribution is -2.46. The second-order valence-electron chi connectivity index (χ2n) is 23.9. The highest BCUT2D eigenvalue weighted by atomic mass is 28.3. The number of para-hydroxylation sites is 1. The molecule has 2 aromatic heterocycles. The second-order valence-corrected chi connectivity index (χ2v) is 28.3. The number of rotatable bonds is 6. The third kappa shape index (κ3) is 8.04. The van der Waals surface area contributed by atoms with Crippen molar-refractivity contribution in [1.29, 1.82) is 0 Å². The maximum absolute atomic E-state index is 12.7. The van der Waals surface area contributed by atoms with Gasteiger partial charge in [-0.15, -0.1) is 0 Å². The van der Waals surface area contributed by atoms with Crippen LogP contribution in [0.2, 0.25) is 18.1 Å². The summed E-state index contributed by atoms with van der Waals surface area (Å²) in [5, 5.41) is 14.4. The van der Waals surface area contributed by atoms with Gasteiger partial charge in [-0.2, -0.15) is 0 Å². The number of nitrogens with zero attached hydrogens (tertiary/aromatic N) is 3. The van der Waals surface area contributed by atoms with Gasteiger partial charge < -0.3 is 5.11 Å². The SMILES string of the molecule is CC(C)(C)c1ccc(-n2c(-c3cc(C(C)(C)C)cc(C(C)(C)C)c3O)nc3c(-c4cc(-c5cc(-c6ccccc6)ccn5)cc5c4C(C)(C)C[Si]54CCCCC4)cccc32)c(-c2ccccc2)c1. The number of phenolic OH excluding ortho intramolecular Hbond substituents is 1. The smallest absolute Gasteiger partial charge is 0.149 e. The Morgan fingerprint density at radius 3 is 1.88 bits per heavy atom. The number of hydrogen-bond donors (Lipinski definition) is 1. The standard InChI is InChI=1S/C63H69N3OSi/c1-60(2,3)45-28-29-53(48(37-45)42-24-17-13-18-25-42)66-54-27-21-26-47(57(54)65-59(66)50-38-46(61(4,5)6)39-51(58(50)67)62(7,8)9)49-34-44(52-35-43(30-31-64-52)41-22-15-12-16-23-41)36-55-56(49)63(10,11)40-68(55)32-19-14-20-33-68/h12-13,15-18,21-31,34-39,67H,14,19-20,32-33,40H2,1-11H3. The molecule has 6 aromatic carbocycles. The van der Waals surface area contributed by atoms with Crippen LogP contribution in [0.4, 0.5) is 0 Å². The molecule has 0 radical (unpaired) electrons. The van der Waals surface area contributed by atoms with Gasteiger partial charge in [-0.3, -0.25) is 9.55 Å². The Morgan fingerprint density at radius 1 is 0.559 bits per heavy atom. The summed E-state index contributed by atoms with van der Waals surface area (Å²) >= 11 is 0. The molecule has 8 aromatic rings. The Morgan fingerprint density at radius 2 is 1.22 bits per heavy atom. The molecule has 5 heteroatoms. The summed E-state index contributed by atoms with van der Waals surface area (Å²) in [4.78, 5) is 11.0. The molecule has 0 aliphatic carbocycles. The van der Waals surface area contributed by atoms with Gasteiger partial charge in [0, 0.05) is 28.5 Å². The van der Waals surface area contributed by atoms with E-state index in [-0.39, 0.29) is 27.4 Å². The molecule has 0 bridgehead atoms. The van der Waals surface area contributed by atoms with Gasteiger partial charge in [0.1, 0.15) is 11.6 Å². The van der Waals surface area contributed by atoms with Crippen molar-refractivity contribution in [1.82, 2.24) is 14.5 Å². The van der Waals surface area contributed by atoms with E-state index in [0.29, 0.717) is 0 Å². The van der Waals surface area contributed by atoms with Crippen molar-refractivity contribution in [3.63, 3.8) is 0 Å². The van der Waals surface area contributed by atoms with Crippen LogP contribution in [-0.2, 0) is 21.7 Å². The number of pyridine rings is 1. The van der Waals surface area contributed by atoms with Crippen LogP contribution in [0.15, 0.2) is 140 Å². The summed E-state index contributed by atoms with van der Waals surface area (Å²) in [6, 6.07) is 53.0. The van der Waals surface area contributed by atoms with Crippen molar-refractivity contribution in [2.24, 2.45) is 0 Å². The van der Waals surface area contributed by atoms with Gasteiger partial charge >= 0.3 is 0 Å². The van der Waals surface area contributed by atoms with E-state index in [0.717, 1.165) is 56.1 Å². The number of benzene rings is 6. The first kappa shape index (κ1) is 45.7. The number of hydrogen-bond acceptors (Lipinski definition) is 3. The van der Waals surface area contributed by atoms with Crippen LogP contribution in [0.3, 0.4) is 0 Å². The van der Waals surface area contributed by atoms with Crippen LogP contribution in [-0.4, -0.2) is 27.7 Å². The fourth-order valence-electron chi connectivity index (χ4n) is 11.8. The molecule has 0 unspecified atom stereocenters. The zero-order chi connectivity index (χ0) is 48.0. The molecule has 0 saturated carbocycles. The van der Waals surface area contributed by atoms with Crippen molar-refractivity contribution >= 4 is 24.3 Å². The van der Waals surface area contributed by atoms with Crippen LogP contribution >= 0.6 is 0 Å². The molecule has 1 N–H and O–H groups in total. The number of phenols is 1. The van der Waals surface area contributed by atoms with E-state index in [1.54, 1.807) is 5.19 Å². The van der Waals surface area contributed by atoms with Crippen LogP contribution in [0, 0.1) is 0 Å². The van der Waals surface area contributed by atoms with E-state index >= 15 is 0 Å². The Hall–Kier alpha value is -6.04. The summed E-state index contributed by atoms with van der Waals surface area (Å²) in [5.41, 5.74) is 17.2. The van der Waals surface area contributed by atoms with Crippen molar-refractivity contribution in [2.45, 2.75) is 135 Å². The average molecular weight is 912 g/mol. The molecule has 2 aliphatic rings. The average Bonchev–Trinajstić information content (AvgIpc) is 3.80. The van der Waals surface area contributed by atoms with Crippen molar-refractivity contribution in [2.75, 3.05) is 0 Å². The largest absolute Gasteiger partial charge is 0.507 e. The molecule has 10 rings (SSSR count). The monoisotopic (exact) mass is 912 g/mol. The first-order valence-electron chi connectivity index (χ1n) is 25.0. The van der Waals surface area contributed by atoms with E-state index in [9.17, 15) is 5.11 Å². The van der Waals surface area contributed by atoms with Gasteiger partial charge in [-0.25, -0.2) is 4.98 Å². The minimum absolute atomic E-state index is 0.0101. The fraction of sp³-hybridized carbons (Fsp3) is 0.333. The zero-order valence-corrected chi connectivity index (χ0v) is 43.3. The van der Waals surface area contributed by atoms with Crippen LogP contribution in [0.5, 0.6) is 5.75 Å². The number of imidazole rings is 1. The van der Waals surface area contributed by atoms with Crippen molar-refractivity contribution in [3.05, 3.63) is 162 Å². The molecule has 4 nitrogen and oxygen atoms in total. The second kappa shape index (κ2) is 16.6. The molecule has 1 fully saturated rings. The molecule has 0 amide bonds. The number of aromatic nitrogens is 3. The fourth-order valence-corrected chi connectivity index (χ4v) is 18.4. The summed E-state index contributed by atoms with van der Waals surface area (Å²) in [6.07, 6.45) is 5.95. The predicted molar refractivity (Wildman–Crippen MR) is 290 cm³/mol. The highest BCUT2D eigenvalue weighted by molar-refractivity contribution is 6.93. The highest BCUT2D eigenvalue weighted by Gasteiger charge is 2.51. The van der Waals surface area contributed by atoms with Gasteiger partial charge in [0.25, 0.3) is 0 Å². The first-order chi connectivity index (χ1) is 32.2. The van der Waals surface area contributed by atoms with E-state index < -0.39 is 8.07 Å². The van der Waals surface area contributed by atoms with E-state index in [2.05, 4.69) is 214 Å². The molecule has 68 heavy (non-hydrogen) atoms. The number of fused-ring (bicyclic) bond motifs is 3. The third-order valence-electron chi connectivity index (χ3n) is 15.3. The summed E-state index contributed by atoms with van der Waals surface area (Å²) in [7, 11) is -1.87. The number of aromatic hydroxyl groups is 1. The van der Waals surface area contributed by atoms with Crippen molar-refractivity contribution in [3.8, 4) is 67.5 Å². The minimum Gasteiger partial charge on any atom is -0.507 e. The van der Waals surface area contributed by atoms with Gasteiger partial charge in [0.2, 0.25) is 0 Å². The van der Waals surface area contributed by atoms with E-state index in [1.165, 1.54) is 76.3 Å². The molecule has 1 spiro atoms.